The molecule has 4 aromatic carbocycles. The minimum absolute atomic E-state index is 0.0723. The summed E-state index contributed by atoms with van der Waals surface area (Å²) in [4.78, 5) is 60.8. The first-order valence-electron chi connectivity index (χ1n) is 17.7. The van der Waals surface area contributed by atoms with Crippen molar-refractivity contribution in [1.29, 1.82) is 0 Å². The summed E-state index contributed by atoms with van der Waals surface area (Å²) in [5.41, 5.74) is 4.69. The van der Waals surface area contributed by atoms with Crippen molar-refractivity contribution >= 4 is 96.1 Å². The molecular formula is C42H33Br2Cl2N3O7. The van der Waals surface area contributed by atoms with E-state index in [0.717, 1.165) is 16.1 Å². The van der Waals surface area contributed by atoms with Gasteiger partial charge < -0.3 is 14.6 Å². The van der Waals surface area contributed by atoms with Crippen LogP contribution in [0.4, 0.5) is 11.4 Å². The van der Waals surface area contributed by atoms with Crippen LogP contribution in [0.2, 0.25) is 10.0 Å². The average Bonchev–Trinajstić information content (AvgIpc) is 3.58. The number of ether oxygens (including phenoxy) is 2. The largest absolute Gasteiger partial charge is 0.503 e. The lowest BCUT2D eigenvalue weighted by Crippen LogP contribution is -2.53. The van der Waals surface area contributed by atoms with Crippen molar-refractivity contribution < 1.29 is 33.8 Å². The quantitative estimate of drug-likeness (QED) is 0.133. The Balaban J connectivity index is 1.36. The van der Waals surface area contributed by atoms with Gasteiger partial charge in [-0.25, -0.2) is 0 Å². The highest BCUT2D eigenvalue weighted by Crippen LogP contribution is 2.66. The van der Waals surface area contributed by atoms with E-state index in [0.29, 0.717) is 32.1 Å². The number of halogens is 4. The first kappa shape index (κ1) is 38.3. The molecule has 0 spiro atoms. The normalized spacial score (nSPS) is 25.4. The summed E-state index contributed by atoms with van der Waals surface area (Å²) in [6, 6.07) is 20.3. The van der Waals surface area contributed by atoms with Gasteiger partial charge in [0, 0.05) is 15.4 Å². The van der Waals surface area contributed by atoms with Gasteiger partial charge in [-0.05, 0) is 116 Å². The molecule has 4 aromatic rings. The second kappa shape index (κ2) is 14.4. The number of phenols is 1. The summed E-state index contributed by atoms with van der Waals surface area (Å²) in [6.45, 7) is 3.80. The van der Waals surface area contributed by atoms with E-state index in [9.17, 15) is 14.7 Å². The Morgan fingerprint density at radius 2 is 1.61 bits per heavy atom. The van der Waals surface area contributed by atoms with Crippen molar-refractivity contribution in [3.8, 4) is 17.2 Å². The highest BCUT2D eigenvalue weighted by atomic mass is 79.9. The molecule has 6 atom stereocenters. The number of hydrogen-bond donors (Lipinski definition) is 2. The van der Waals surface area contributed by atoms with Gasteiger partial charge in [0.05, 0.1) is 58.3 Å². The number of imide groups is 2. The summed E-state index contributed by atoms with van der Waals surface area (Å²) in [5, 5.41) is 12.6. The number of hydrazine groups is 1. The maximum atomic E-state index is 15.6. The van der Waals surface area contributed by atoms with E-state index in [1.165, 1.54) is 25.2 Å². The van der Waals surface area contributed by atoms with Crippen LogP contribution < -0.4 is 19.8 Å². The van der Waals surface area contributed by atoms with E-state index in [1.807, 2.05) is 6.08 Å². The zero-order valence-corrected chi connectivity index (χ0v) is 34.6. The highest BCUT2D eigenvalue weighted by Gasteiger charge is 2.70. The molecule has 3 fully saturated rings. The number of aromatic hydroxyl groups is 1. The molecule has 56 heavy (non-hydrogen) atoms. The Bertz CT molecular complexity index is 2390. The summed E-state index contributed by atoms with van der Waals surface area (Å²) < 4.78 is 11.8. The summed E-state index contributed by atoms with van der Waals surface area (Å²) in [7, 11) is 2.95. The van der Waals surface area contributed by atoms with Crippen LogP contribution in [0.15, 0.2) is 100.0 Å². The number of fused-ring (bicyclic) bond motifs is 4. The molecule has 2 aliphatic heterocycles. The maximum absolute atomic E-state index is 15.6. The second-order valence-electron chi connectivity index (χ2n) is 14.2. The third-order valence-corrected chi connectivity index (χ3v) is 14.4. The molecule has 2 saturated heterocycles. The van der Waals surface area contributed by atoms with Gasteiger partial charge in [0.15, 0.2) is 11.5 Å². The molecule has 2 aliphatic carbocycles. The van der Waals surface area contributed by atoms with Crippen LogP contribution in [-0.2, 0) is 24.6 Å². The number of anilines is 2. The van der Waals surface area contributed by atoms with Crippen molar-refractivity contribution in [2.45, 2.75) is 24.2 Å². The third-order valence-electron chi connectivity index (χ3n) is 11.7. The van der Waals surface area contributed by atoms with E-state index < -0.39 is 46.8 Å². The molecule has 10 nitrogen and oxygen atoms in total. The standard InChI is InChI=1S/C42H33Br2Cl2N3O7/c1-4-20-5-10-23(11-6-20)48-38(51)26-15-14-25-27(33(26)40(48)53)18-29-39(52)49(47-31-16-9-22(45)17-30(31)46)41(54)42(29,21-7-12-24(55-2)13-8-21)34(25)28-19-32(56-3)37(50)36(44)35(28)43/h4-14,16-17,19,26-27,29,33-34,47,50H,1,15,18H2,2-3H3. The van der Waals surface area contributed by atoms with Crippen molar-refractivity contribution in [3.63, 3.8) is 0 Å². The minimum atomic E-state index is -1.62. The fourth-order valence-electron chi connectivity index (χ4n) is 9.18. The number of allylic oxidation sites excluding steroid dienone is 2. The Kier molecular flexibility index (Phi) is 9.84. The Labute approximate surface area is 349 Å². The number of benzene rings is 4. The molecule has 8 rings (SSSR count). The topological polar surface area (TPSA) is 125 Å². The number of rotatable bonds is 8. The van der Waals surface area contributed by atoms with E-state index in [1.54, 1.807) is 72.8 Å². The number of amides is 4. The molecule has 14 heteroatoms. The number of carbonyl (C=O) groups is 4. The molecular weight excluding hydrogens is 889 g/mol. The first-order valence-corrected chi connectivity index (χ1v) is 20.0. The number of carbonyl (C=O) groups excluding carboxylic acids is 4. The average molecular weight is 922 g/mol. The van der Waals surface area contributed by atoms with E-state index in [-0.39, 0.29) is 51.3 Å². The van der Waals surface area contributed by atoms with Gasteiger partial charge in [-0.15, -0.1) is 0 Å². The van der Waals surface area contributed by atoms with Crippen LogP contribution in [-0.4, -0.2) is 48.0 Å². The van der Waals surface area contributed by atoms with Crippen LogP contribution in [0.3, 0.4) is 0 Å². The predicted octanol–water partition coefficient (Wildman–Crippen LogP) is 9.07. The number of nitrogens with one attached hydrogen (secondary N) is 1. The van der Waals surface area contributed by atoms with Crippen molar-refractivity contribution in [2.24, 2.45) is 23.7 Å². The lowest BCUT2D eigenvalue weighted by Gasteiger charge is -2.51. The first-order chi connectivity index (χ1) is 26.9. The molecule has 6 unspecified atom stereocenters. The SMILES string of the molecule is C=Cc1ccc(N2C(=O)C3CC=C4C(CC5C(=O)N(Nc6ccc(Cl)cc6Cl)C(=O)C5(c5ccc(OC)cc5)C4c4cc(OC)c(O)c(Br)c4Br)C3C2=O)cc1. The van der Waals surface area contributed by atoms with Crippen LogP contribution in [0.1, 0.15) is 35.4 Å². The molecule has 1 saturated carbocycles. The van der Waals surface area contributed by atoms with Gasteiger partial charge in [-0.3, -0.25) is 29.5 Å². The third kappa shape index (κ3) is 5.62. The second-order valence-corrected chi connectivity index (χ2v) is 16.6. The van der Waals surface area contributed by atoms with Gasteiger partial charge in [0.2, 0.25) is 11.8 Å². The number of nitrogens with zero attached hydrogens (tertiary/aromatic N) is 2. The Morgan fingerprint density at radius 1 is 0.893 bits per heavy atom. The van der Waals surface area contributed by atoms with Crippen LogP contribution in [0.5, 0.6) is 17.2 Å². The minimum Gasteiger partial charge on any atom is -0.503 e. The van der Waals surface area contributed by atoms with Crippen LogP contribution in [0.25, 0.3) is 6.08 Å². The molecule has 2 heterocycles. The fraction of sp³-hybridized carbons (Fsp3) is 0.238. The fourth-order valence-corrected chi connectivity index (χ4v) is 10.6. The monoisotopic (exact) mass is 919 g/mol. The molecule has 0 radical (unpaired) electrons. The zero-order valence-electron chi connectivity index (χ0n) is 29.9. The van der Waals surface area contributed by atoms with Crippen molar-refractivity contribution in [2.75, 3.05) is 24.5 Å². The van der Waals surface area contributed by atoms with Crippen molar-refractivity contribution in [3.05, 3.63) is 127 Å². The zero-order chi connectivity index (χ0) is 39.8. The van der Waals surface area contributed by atoms with Gasteiger partial charge in [-0.2, -0.15) is 5.01 Å². The van der Waals surface area contributed by atoms with Crippen LogP contribution >= 0.6 is 55.1 Å². The van der Waals surface area contributed by atoms with Gasteiger partial charge in [-0.1, -0.05) is 71.8 Å². The molecule has 286 valence electrons. The molecule has 4 aliphatic rings. The number of methoxy groups -OCH3 is 2. The molecule has 0 bridgehead atoms. The summed E-state index contributed by atoms with van der Waals surface area (Å²) in [5.74, 6) is -5.45. The predicted molar refractivity (Wildman–Crippen MR) is 220 cm³/mol. The lowest BCUT2D eigenvalue weighted by molar-refractivity contribution is -0.138. The van der Waals surface area contributed by atoms with Crippen molar-refractivity contribution in [1.82, 2.24) is 5.01 Å². The summed E-state index contributed by atoms with van der Waals surface area (Å²) in [6.07, 6.45) is 3.93. The summed E-state index contributed by atoms with van der Waals surface area (Å²) >= 11 is 20.0. The van der Waals surface area contributed by atoms with E-state index >= 15 is 9.59 Å². The Hall–Kier alpha value is -4.62. The van der Waals surface area contributed by atoms with Gasteiger partial charge in [0.1, 0.15) is 5.75 Å². The number of phenolic OH excluding ortho intramolecular Hbond substituents is 1. The van der Waals surface area contributed by atoms with Gasteiger partial charge in [0.25, 0.3) is 11.8 Å². The van der Waals surface area contributed by atoms with Crippen LogP contribution in [0, 0.1) is 23.7 Å². The Morgan fingerprint density at radius 3 is 2.25 bits per heavy atom. The van der Waals surface area contributed by atoms with E-state index in [2.05, 4.69) is 43.9 Å². The molecule has 2 N–H and O–H groups in total. The molecule has 0 aromatic heterocycles. The maximum Gasteiger partial charge on any atom is 0.260 e. The smallest absolute Gasteiger partial charge is 0.260 e. The van der Waals surface area contributed by atoms with E-state index in [4.69, 9.17) is 32.7 Å². The number of hydrogen-bond acceptors (Lipinski definition) is 8. The molecule has 4 amide bonds. The van der Waals surface area contributed by atoms with Gasteiger partial charge >= 0.3 is 0 Å². The highest BCUT2D eigenvalue weighted by molar-refractivity contribution is 9.13. The lowest BCUT2D eigenvalue weighted by atomic mass is 9.49.